The Hall–Kier alpha value is -3.24. The predicted molar refractivity (Wildman–Crippen MR) is 121 cm³/mol. The number of nitrogens with two attached hydrogens (primary N) is 1. The van der Waals surface area contributed by atoms with Crippen LogP contribution in [0.5, 0.6) is 11.5 Å². The molecule has 0 spiro atoms. The highest BCUT2D eigenvalue weighted by Gasteiger charge is 2.13. The summed E-state index contributed by atoms with van der Waals surface area (Å²) >= 11 is 0. The molecule has 30 heavy (non-hydrogen) atoms. The van der Waals surface area contributed by atoms with E-state index in [1.165, 1.54) is 16.5 Å². The van der Waals surface area contributed by atoms with Crippen molar-refractivity contribution in [2.24, 2.45) is 0 Å². The minimum absolute atomic E-state index is 0.535. The second-order valence-electron chi connectivity index (χ2n) is 7.34. The summed E-state index contributed by atoms with van der Waals surface area (Å²) in [6.07, 6.45) is 3.15. The van der Waals surface area contributed by atoms with Gasteiger partial charge in [0.15, 0.2) is 11.5 Å². The zero-order valence-electron chi connectivity index (χ0n) is 17.4. The largest absolute Gasteiger partial charge is 0.490 e. The Labute approximate surface area is 177 Å². The van der Waals surface area contributed by atoms with Crippen molar-refractivity contribution in [3.05, 3.63) is 95.7 Å². The first-order chi connectivity index (χ1) is 14.8. The van der Waals surface area contributed by atoms with Gasteiger partial charge in [0.25, 0.3) is 0 Å². The molecule has 0 aliphatic carbocycles. The van der Waals surface area contributed by atoms with Crippen molar-refractivity contribution < 1.29 is 14.8 Å². The van der Waals surface area contributed by atoms with Gasteiger partial charge in [-0.15, -0.1) is 0 Å². The lowest BCUT2D eigenvalue weighted by molar-refractivity contribution is -0.670. The summed E-state index contributed by atoms with van der Waals surface area (Å²) in [5.41, 5.74) is 4.88. The van der Waals surface area contributed by atoms with E-state index in [4.69, 9.17) is 9.47 Å². The molecule has 3 aromatic carbocycles. The van der Waals surface area contributed by atoms with Crippen molar-refractivity contribution in [2.75, 3.05) is 13.2 Å². The maximum absolute atomic E-state index is 6.22. The molecule has 1 heterocycles. The highest BCUT2D eigenvalue weighted by Crippen LogP contribution is 2.31. The SMILES string of the molecule is CCOc1cccc(C[NH2+]CCc2c[nH]c3ccccc23)c1OCc1ccccc1. The molecule has 0 unspecified atom stereocenters. The number of aromatic amines is 1. The van der Waals surface area contributed by atoms with E-state index >= 15 is 0 Å². The minimum Gasteiger partial charge on any atom is -0.490 e. The normalized spacial score (nSPS) is 11.0. The van der Waals surface area contributed by atoms with Gasteiger partial charge in [0.05, 0.1) is 18.7 Å². The van der Waals surface area contributed by atoms with Crippen LogP contribution in [0.4, 0.5) is 0 Å². The second-order valence-corrected chi connectivity index (χ2v) is 7.34. The summed E-state index contributed by atoms with van der Waals surface area (Å²) in [6.45, 7) is 5.02. The van der Waals surface area contributed by atoms with E-state index in [1.807, 2.05) is 37.3 Å². The lowest BCUT2D eigenvalue weighted by atomic mass is 10.1. The van der Waals surface area contributed by atoms with Crippen molar-refractivity contribution in [2.45, 2.75) is 26.5 Å². The average molecular weight is 402 g/mol. The van der Waals surface area contributed by atoms with Gasteiger partial charge in [-0.2, -0.15) is 0 Å². The average Bonchev–Trinajstić information content (AvgIpc) is 3.20. The number of aromatic nitrogens is 1. The van der Waals surface area contributed by atoms with Gasteiger partial charge < -0.3 is 19.8 Å². The third kappa shape index (κ3) is 4.84. The van der Waals surface area contributed by atoms with Crippen molar-refractivity contribution in [3.8, 4) is 11.5 Å². The van der Waals surface area contributed by atoms with E-state index in [1.54, 1.807) is 0 Å². The number of hydrogen-bond acceptors (Lipinski definition) is 2. The maximum Gasteiger partial charge on any atom is 0.170 e. The molecule has 0 saturated carbocycles. The fourth-order valence-corrected chi connectivity index (χ4v) is 3.74. The fourth-order valence-electron chi connectivity index (χ4n) is 3.74. The molecule has 4 heteroatoms. The van der Waals surface area contributed by atoms with Crippen LogP contribution in [-0.2, 0) is 19.6 Å². The molecule has 1 aromatic heterocycles. The van der Waals surface area contributed by atoms with E-state index in [0.29, 0.717) is 13.2 Å². The van der Waals surface area contributed by atoms with E-state index in [-0.39, 0.29) is 0 Å². The van der Waals surface area contributed by atoms with Crippen molar-refractivity contribution in [3.63, 3.8) is 0 Å². The van der Waals surface area contributed by atoms with E-state index in [2.05, 4.69) is 59.0 Å². The number of fused-ring (bicyclic) bond motifs is 1. The third-order valence-electron chi connectivity index (χ3n) is 5.24. The van der Waals surface area contributed by atoms with Crippen LogP contribution < -0.4 is 14.8 Å². The molecular formula is C26H29N2O2+. The number of ether oxygens (including phenoxy) is 2. The summed E-state index contributed by atoms with van der Waals surface area (Å²) < 4.78 is 12.1. The molecular weight excluding hydrogens is 372 g/mol. The number of hydrogen-bond donors (Lipinski definition) is 2. The summed E-state index contributed by atoms with van der Waals surface area (Å²) in [6, 6.07) is 24.9. The van der Waals surface area contributed by atoms with E-state index < -0.39 is 0 Å². The van der Waals surface area contributed by atoms with Crippen LogP contribution in [0.15, 0.2) is 79.0 Å². The Balaban J connectivity index is 1.40. The van der Waals surface area contributed by atoms with Crippen LogP contribution in [-0.4, -0.2) is 18.1 Å². The molecule has 4 nitrogen and oxygen atoms in total. The summed E-state index contributed by atoms with van der Waals surface area (Å²) in [5, 5.41) is 3.65. The van der Waals surface area contributed by atoms with Gasteiger partial charge in [0.1, 0.15) is 13.2 Å². The smallest absolute Gasteiger partial charge is 0.170 e. The molecule has 0 radical (unpaired) electrons. The Kier molecular flexibility index (Phi) is 6.68. The van der Waals surface area contributed by atoms with Crippen molar-refractivity contribution in [1.29, 1.82) is 0 Å². The molecule has 0 fully saturated rings. The fraction of sp³-hybridized carbons (Fsp3) is 0.231. The lowest BCUT2D eigenvalue weighted by Gasteiger charge is -2.15. The van der Waals surface area contributed by atoms with Gasteiger partial charge >= 0.3 is 0 Å². The van der Waals surface area contributed by atoms with Gasteiger partial charge in [-0.25, -0.2) is 0 Å². The van der Waals surface area contributed by atoms with E-state index in [0.717, 1.165) is 42.1 Å². The Bertz CT molecular complexity index is 1070. The predicted octanol–water partition coefficient (Wildman–Crippen LogP) is 4.45. The maximum atomic E-state index is 6.22. The molecule has 4 rings (SSSR count). The monoisotopic (exact) mass is 401 g/mol. The summed E-state index contributed by atoms with van der Waals surface area (Å²) in [4.78, 5) is 3.36. The highest BCUT2D eigenvalue weighted by molar-refractivity contribution is 5.83. The number of nitrogens with one attached hydrogen (secondary N) is 1. The first kappa shape index (κ1) is 20.0. The van der Waals surface area contributed by atoms with Crippen LogP contribution >= 0.6 is 0 Å². The Morgan fingerprint density at radius 3 is 2.53 bits per heavy atom. The summed E-state index contributed by atoms with van der Waals surface area (Å²) in [5.74, 6) is 1.67. The molecule has 0 aliphatic rings. The molecule has 0 bridgehead atoms. The minimum atomic E-state index is 0.535. The standard InChI is InChI=1S/C26H28N2O2/c1-2-29-25-14-8-11-22(26(25)30-19-20-9-4-3-5-10-20)17-27-16-15-21-18-28-24-13-7-6-12-23(21)24/h3-14,18,27-28H,2,15-17,19H2,1H3/p+1. The van der Waals surface area contributed by atoms with Crippen molar-refractivity contribution >= 4 is 10.9 Å². The first-order valence-corrected chi connectivity index (χ1v) is 10.6. The zero-order valence-corrected chi connectivity index (χ0v) is 17.4. The van der Waals surface area contributed by atoms with Gasteiger partial charge in [-0.3, -0.25) is 0 Å². The van der Waals surface area contributed by atoms with Crippen molar-refractivity contribution in [1.82, 2.24) is 4.98 Å². The molecule has 0 atom stereocenters. The van der Waals surface area contributed by atoms with Gasteiger partial charge in [-0.05, 0) is 36.2 Å². The topological polar surface area (TPSA) is 50.9 Å². The molecule has 0 amide bonds. The Morgan fingerprint density at radius 1 is 0.833 bits per heavy atom. The molecule has 4 aromatic rings. The second kappa shape index (κ2) is 9.99. The number of rotatable bonds is 10. The van der Waals surface area contributed by atoms with Crippen LogP contribution in [0.25, 0.3) is 10.9 Å². The molecule has 0 saturated heterocycles. The number of benzene rings is 3. The Morgan fingerprint density at radius 2 is 1.67 bits per heavy atom. The first-order valence-electron chi connectivity index (χ1n) is 10.6. The van der Waals surface area contributed by atoms with Gasteiger partial charge in [-0.1, -0.05) is 54.6 Å². The highest BCUT2D eigenvalue weighted by atomic mass is 16.5. The number of para-hydroxylation sites is 2. The lowest BCUT2D eigenvalue weighted by Crippen LogP contribution is -2.83. The van der Waals surface area contributed by atoms with Crippen LogP contribution in [0.2, 0.25) is 0 Å². The zero-order chi connectivity index (χ0) is 20.6. The van der Waals surface area contributed by atoms with E-state index in [9.17, 15) is 0 Å². The quantitative estimate of drug-likeness (QED) is 0.386. The van der Waals surface area contributed by atoms with Crippen LogP contribution in [0, 0.1) is 0 Å². The molecule has 3 N–H and O–H groups in total. The summed E-state index contributed by atoms with van der Waals surface area (Å²) in [7, 11) is 0. The number of H-pyrrole nitrogens is 1. The van der Waals surface area contributed by atoms with Crippen LogP contribution in [0.1, 0.15) is 23.6 Å². The third-order valence-corrected chi connectivity index (χ3v) is 5.24. The van der Waals surface area contributed by atoms with Gasteiger partial charge in [0.2, 0.25) is 0 Å². The molecule has 154 valence electrons. The number of quaternary nitrogens is 1. The van der Waals surface area contributed by atoms with Gasteiger partial charge in [0, 0.05) is 23.5 Å². The van der Waals surface area contributed by atoms with Crippen LogP contribution in [0.3, 0.4) is 0 Å². The molecule has 0 aliphatic heterocycles.